The van der Waals surface area contributed by atoms with Crippen LogP contribution in [0, 0.1) is 10.1 Å². The topological polar surface area (TPSA) is 75.6 Å². The van der Waals surface area contributed by atoms with Gasteiger partial charge in [-0.05, 0) is 25.5 Å². The van der Waals surface area contributed by atoms with E-state index in [4.69, 9.17) is 5.73 Å². The van der Waals surface area contributed by atoms with Crippen LogP contribution in [0.3, 0.4) is 0 Å². The summed E-state index contributed by atoms with van der Waals surface area (Å²) in [6, 6.07) is 5.47. The van der Waals surface area contributed by atoms with E-state index in [1.54, 1.807) is 6.07 Å². The van der Waals surface area contributed by atoms with E-state index < -0.39 is 0 Å². The van der Waals surface area contributed by atoms with E-state index in [0.29, 0.717) is 11.7 Å². The van der Waals surface area contributed by atoms with Crippen molar-refractivity contribution < 1.29 is 4.92 Å². The summed E-state index contributed by atoms with van der Waals surface area (Å²) >= 11 is 0. The highest BCUT2D eigenvalue weighted by Gasteiger charge is 2.29. The predicted octanol–water partition coefficient (Wildman–Crippen LogP) is 1.85. The lowest BCUT2D eigenvalue weighted by Gasteiger charge is -2.44. The van der Waals surface area contributed by atoms with E-state index in [1.165, 1.54) is 31.9 Å². The molecule has 1 unspecified atom stereocenters. The molecule has 2 saturated heterocycles. The molecule has 1 aromatic rings. The normalized spacial score (nSPS) is 23.4. The van der Waals surface area contributed by atoms with Crippen molar-refractivity contribution in [1.82, 2.24) is 4.90 Å². The molecule has 2 N–H and O–H groups in total. The molecule has 0 bridgehead atoms. The maximum atomic E-state index is 10.9. The molecule has 108 valence electrons. The molecule has 0 aliphatic carbocycles. The number of non-ortho nitro benzene ring substituents is 1. The Labute approximate surface area is 118 Å². The smallest absolute Gasteiger partial charge is 0.273 e. The highest BCUT2D eigenvalue weighted by Crippen LogP contribution is 2.29. The lowest BCUT2D eigenvalue weighted by Crippen LogP contribution is -2.54. The molecule has 6 heteroatoms. The van der Waals surface area contributed by atoms with Crippen molar-refractivity contribution in [2.75, 3.05) is 36.8 Å². The van der Waals surface area contributed by atoms with Crippen molar-refractivity contribution >= 4 is 17.1 Å². The van der Waals surface area contributed by atoms with Gasteiger partial charge in [-0.1, -0.05) is 6.42 Å². The Hall–Kier alpha value is -1.82. The summed E-state index contributed by atoms with van der Waals surface area (Å²) in [6.07, 6.45) is 3.80. The summed E-state index contributed by atoms with van der Waals surface area (Å²) in [4.78, 5) is 15.3. The van der Waals surface area contributed by atoms with Gasteiger partial charge in [0.2, 0.25) is 0 Å². The van der Waals surface area contributed by atoms with Gasteiger partial charge in [0.05, 0.1) is 4.92 Å². The van der Waals surface area contributed by atoms with Gasteiger partial charge in [0.15, 0.2) is 0 Å². The first-order valence-corrected chi connectivity index (χ1v) is 7.17. The van der Waals surface area contributed by atoms with Gasteiger partial charge >= 0.3 is 0 Å². The number of nitrogens with two attached hydrogens (primary N) is 1. The summed E-state index contributed by atoms with van der Waals surface area (Å²) in [5.41, 5.74) is 7.20. The lowest BCUT2D eigenvalue weighted by atomic mass is 9.99. The molecule has 3 rings (SSSR count). The second kappa shape index (κ2) is 5.28. The molecule has 1 atom stereocenters. The minimum Gasteiger partial charge on any atom is -0.398 e. The van der Waals surface area contributed by atoms with Crippen molar-refractivity contribution in [1.29, 1.82) is 0 Å². The highest BCUT2D eigenvalue weighted by atomic mass is 16.6. The first-order valence-electron chi connectivity index (χ1n) is 7.17. The van der Waals surface area contributed by atoms with Crippen molar-refractivity contribution in [3.63, 3.8) is 0 Å². The molecule has 0 radical (unpaired) electrons. The monoisotopic (exact) mass is 276 g/mol. The molecule has 2 aliphatic rings. The molecule has 0 amide bonds. The Bertz CT molecular complexity index is 520. The third-order valence-electron chi connectivity index (χ3n) is 4.34. The minimum absolute atomic E-state index is 0.0751. The Balaban J connectivity index is 1.80. The number of fused-ring (bicyclic) bond motifs is 1. The summed E-state index contributed by atoms with van der Waals surface area (Å²) in [5.74, 6) is 0. The van der Waals surface area contributed by atoms with Gasteiger partial charge in [-0.3, -0.25) is 15.0 Å². The quantitative estimate of drug-likeness (QED) is 0.507. The lowest BCUT2D eigenvalue weighted by molar-refractivity contribution is -0.384. The number of anilines is 2. The van der Waals surface area contributed by atoms with Gasteiger partial charge in [0.1, 0.15) is 0 Å². The van der Waals surface area contributed by atoms with Gasteiger partial charge in [-0.2, -0.15) is 0 Å². The number of nitro groups is 1. The molecule has 1 aromatic carbocycles. The number of benzene rings is 1. The van der Waals surface area contributed by atoms with Crippen LogP contribution in [-0.2, 0) is 0 Å². The Morgan fingerprint density at radius 2 is 2.05 bits per heavy atom. The number of piperazine rings is 1. The number of nitrogen functional groups attached to an aromatic ring is 1. The molecule has 2 aliphatic heterocycles. The Kier molecular flexibility index (Phi) is 3.48. The molecule has 0 saturated carbocycles. The van der Waals surface area contributed by atoms with Crippen molar-refractivity contribution in [2.45, 2.75) is 25.3 Å². The van der Waals surface area contributed by atoms with Crippen LogP contribution in [0.1, 0.15) is 19.3 Å². The zero-order chi connectivity index (χ0) is 14.1. The number of rotatable bonds is 2. The Morgan fingerprint density at radius 3 is 2.85 bits per heavy atom. The van der Waals surface area contributed by atoms with Gasteiger partial charge in [-0.15, -0.1) is 0 Å². The predicted molar refractivity (Wildman–Crippen MR) is 78.9 cm³/mol. The fourth-order valence-corrected chi connectivity index (χ4v) is 3.30. The molecule has 20 heavy (non-hydrogen) atoms. The number of hydrogen-bond acceptors (Lipinski definition) is 5. The molecule has 0 aromatic heterocycles. The van der Waals surface area contributed by atoms with E-state index in [9.17, 15) is 10.1 Å². The fraction of sp³-hybridized carbons (Fsp3) is 0.571. The van der Waals surface area contributed by atoms with E-state index in [1.807, 2.05) is 6.07 Å². The van der Waals surface area contributed by atoms with Gasteiger partial charge in [0, 0.05) is 49.2 Å². The zero-order valence-electron chi connectivity index (χ0n) is 11.5. The third-order valence-corrected chi connectivity index (χ3v) is 4.34. The number of nitrogens with zero attached hydrogens (tertiary/aromatic N) is 3. The minimum atomic E-state index is -0.378. The number of nitro benzene ring substituents is 1. The van der Waals surface area contributed by atoms with Crippen LogP contribution < -0.4 is 10.6 Å². The van der Waals surface area contributed by atoms with E-state index >= 15 is 0 Å². The maximum Gasteiger partial charge on any atom is 0.273 e. The standard InChI is InChI=1S/C14H20N4O2/c15-11-7-13(9-14(8-11)18(19)20)17-6-5-16-4-2-1-3-12(16)10-17/h7-9,12H,1-6,10,15H2. The molecule has 0 spiro atoms. The second-order valence-electron chi connectivity index (χ2n) is 5.67. The summed E-state index contributed by atoms with van der Waals surface area (Å²) in [7, 11) is 0. The Morgan fingerprint density at radius 1 is 1.20 bits per heavy atom. The summed E-state index contributed by atoms with van der Waals surface area (Å²) < 4.78 is 0. The van der Waals surface area contributed by atoms with Gasteiger partial charge in [0.25, 0.3) is 5.69 Å². The second-order valence-corrected chi connectivity index (χ2v) is 5.67. The van der Waals surface area contributed by atoms with E-state index in [-0.39, 0.29) is 10.6 Å². The van der Waals surface area contributed by atoms with E-state index in [0.717, 1.165) is 25.3 Å². The van der Waals surface area contributed by atoms with Crippen molar-refractivity contribution in [3.05, 3.63) is 28.3 Å². The molecule has 2 fully saturated rings. The van der Waals surface area contributed by atoms with Crippen LogP contribution in [0.2, 0.25) is 0 Å². The van der Waals surface area contributed by atoms with E-state index in [2.05, 4.69) is 9.80 Å². The van der Waals surface area contributed by atoms with Crippen LogP contribution >= 0.6 is 0 Å². The van der Waals surface area contributed by atoms with Crippen LogP contribution in [0.5, 0.6) is 0 Å². The van der Waals surface area contributed by atoms with Gasteiger partial charge < -0.3 is 10.6 Å². The summed E-state index contributed by atoms with van der Waals surface area (Å²) in [5, 5.41) is 10.9. The van der Waals surface area contributed by atoms with Gasteiger partial charge in [-0.25, -0.2) is 0 Å². The molecule has 6 nitrogen and oxygen atoms in total. The first kappa shape index (κ1) is 13.2. The third kappa shape index (κ3) is 2.56. The largest absolute Gasteiger partial charge is 0.398 e. The fourth-order valence-electron chi connectivity index (χ4n) is 3.30. The average molecular weight is 276 g/mol. The molecular weight excluding hydrogens is 256 g/mol. The first-order chi connectivity index (χ1) is 9.63. The van der Waals surface area contributed by atoms with Crippen LogP contribution in [0.15, 0.2) is 18.2 Å². The van der Waals surface area contributed by atoms with Crippen LogP contribution in [-0.4, -0.2) is 42.0 Å². The average Bonchev–Trinajstić information content (AvgIpc) is 2.46. The number of piperidine rings is 1. The van der Waals surface area contributed by atoms with Crippen LogP contribution in [0.4, 0.5) is 17.1 Å². The zero-order valence-corrected chi connectivity index (χ0v) is 11.5. The molecule has 2 heterocycles. The van der Waals surface area contributed by atoms with Crippen molar-refractivity contribution in [2.24, 2.45) is 0 Å². The summed E-state index contributed by atoms with van der Waals surface area (Å²) in [6.45, 7) is 4.08. The van der Waals surface area contributed by atoms with Crippen molar-refractivity contribution in [3.8, 4) is 0 Å². The SMILES string of the molecule is Nc1cc(N2CCN3CCCCC3C2)cc([N+](=O)[O-])c1. The molecular formula is C14H20N4O2. The number of hydrogen-bond donors (Lipinski definition) is 1. The van der Waals surface area contributed by atoms with Crippen LogP contribution in [0.25, 0.3) is 0 Å². The maximum absolute atomic E-state index is 10.9. The highest BCUT2D eigenvalue weighted by molar-refractivity contribution is 5.63.